The number of nitrogens with one attached hydrogen (secondary N) is 1. The largest absolute Gasteiger partial charge is 0.340 e. The molecule has 3 aromatic rings. The summed E-state index contributed by atoms with van der Waals surface area (Å²) in [4.78, 5) is 17.1. The van der Waals surface area contributed by atoms with Gasteiger partial charge >= 0.3 is 0 Å². The Morgan fingerprint density at radius 3 is 2.20 bits per heavy atom. The smallest absolute Gasteiger partial charge is 0.251 e. The van der Waals surface area contributed by atoms with Crippen molar-refractivity contribution in [3.63, 3.8) is 0 Å². The molecule has 0 spiro atoms. The summed E-state index contributed by atoms with van der Waals surface area (Å²) in [5.41, 5.74) is 1.18. The zero-order chi connectivity index (χ0) is 17.9. The normalized spacial score (nSPS) is 12.6. The Kier molecular flexibility index (Phi) is 4.65. The molecule has 0 aliphatic rings. The van der Waals surface area contributed by atoms with Crippen LogP contribution in [0.3, 0.4) is 0 Å². The number of carbonyl (C=O) groups is 1. The highest BCUT2D eigenvalue weighted by Gasteiger charge is 2.33. The van der Waals surface area contributed by atoms with Gasteiger partial charge < -0.3 is 9.84 Å². The van der Waals surface area contributed by atoms with E-state index in [-0.39, 0.29) is 11.3 Å². The second-order valence-corrected chi connectivity index (χ2v) is 6.96. The van der Waals surface area contributed by atoms with Crippen molar-refractivity contribution in [1.29, 1.82) is 0 Å². The van der Waals surface area contributed by atoms with E-state index in [0.29, 0.717) is 17.3 Å². The summed E-state index contributed by atoms with van der Waals surface area (Å²) in [6.07, 6.45) is 0. The lowest BCUT2D eigenvalue weighted by Gasteiger charge is -2.28. The van der Waals surface area contributed by atoms with Gasteiger partial charge in [-0.1, -0.05) is 74.5 Å². The molecule has 0 aliphatic heterocycles. The van der Waals surface area contributed by atoms with Gasteiger partial charge in [-0.15, -0.1) is 0 Å². The molecule has 2 aromatic carbocycles. The van der Waals surface area contributed by atoms with E-state index in [1.54, 1.807) is 12.1 Å². The highest BCUT2D eigenvalue weighted by molar-refractivity contribution is 5.94. The van der Waals surface area contributed by atoms with Crippen LogP contribution in [0.15, 0.2) is 65.2 Å². The van der Waals surface area contributed by atoms with Gasteiger partial charge in [-0.25, -0.2) is 0 Å². The molecular weight excluding hydrogens is 314 g/mol. The minimum absolute atomic E-state index is 0.167. The average Bonchev–Trinajstić information content (AvgIpc) is 3.09. The standard InChI is InChI=1S/C20H21N3O2/c1-20(2,3)16(21-18(24)15-12-8-5-9-13-15)19-22-17(23-25-19)14-10-6-4-7-11-14/h4-13,16H,1-3H3,(H,21,24). The quantitative estimate of drug-likeness (QED) is 0.774. The van der Waals surface area contributed by atoms with E-state index in [4.69, 9.17) is 4.52 Å². The molecule has 0 radical (unpaired) electrons. The number of hydrogen-bond acceptors (Lipinski definition) is 4. The van der Waals surface area contributed by atoms with Gasteiger partial charge in [0.2, 0.25) is 11.7 Å². The highest BCUT2D eigenvalue weighted by Crippen LogP contribution is 2.33. The second kappa shape index (κ2) is 6.89. The van der Waals surface area contributed by atoms with Crippen LogP contribution in [0.4, 0.5) is 0 Å². The van der Waals surface area contributed by atoms with Crippen LogP contribution in [0.2, 0.25) is 0 Å². The predicted octanol–water partition coefficient (Wildman–Crippen LogP) is 4.25. The first-order chi connectivity index (χ1) is 11.9. The van der Waals surface area contributed by atoms with Gasteiger partial charge in [-0.2, -0.15) is 4.98 Å². The summed E-state index contributed by atoms with van der Waals surface area (Å²) in [5, 5.41) is 7.08. The van der Waals surface area contributed by atoms with Crippen molar-refractivity contribution in [2.75, 3.05) is 0 Å². The molecule has 0 saturated heterocycles. The van der Waals surface area contributed by atoms with E-state index in [1.165, 1.54) is 0 Å². The molecule has 3 rings (SSSR count). The first-order valence-corrected chi connectivity index (χ1v) is 8.20. The van der Waals surface area contributed by atoms with Crippen molar-refractivity contribution >= 4 is 5.91 Å². The van der Waals surface area contributed by atoms with Crippen molar-refractivity contribution in [3.8, 4) is 11.4 Å². The van der Waals surface area contributed by atoms with Crippen LogP contribution in [0.25, 0.3) is 11.4 Å². The van der Waals surface area contributed by atoms with Crippen molar-refractivity contribution in [1.82, 2.24) is 15.5 Å². The molecular formula is C20H21N3O2. The molecule has 5 heteroatoms. The van der Waals surface area contributed by atoms with Gasteiger partial charge in [-0.3, -0.25) is 4.79 Å². The second-order valence-electron chi connectivity index (χ2n) is 6.96. The van der Waals surface area contributed by atoms with Gasteiger partial charge in [0.15, 0.2) is 0 Å². The fourth-order valence-electron chi connectivity index (χ4n) is 2.51. The summed E-state index contributed by atoms with van der Waals surface area (Å²) < 4.78 is 5.47. The van der Waals surface area contributed by atoms with Crippen molar-refractivity contribution in [2.45, 2.75) is 26.8 Å². The van der Waals surface area contributed by atoms with E-state index < -0.39 is 6.04 Å². The Morgan fingerprint density at radius 1 is 1.00 bits per heavy atom. The summed E-state index contributed by atoms with van der Waals surface area (Å²) >= 11 is 0. The molecule has 0 fully saturated rings. The fourth-order valence-corrected chi connectivity index (χ4v) is 2.51. The van der Waals surface area contributed by atoms with Crippen LogP contribution in [0.5, 0.6) is 0 Å². The molecule has 1 aromatic heterocycles. The van der Waals surface area contributed by atoms with Crippen LogP contribution >= 0.6 is 0 Å². The van der Waals surface area contributed by atoms with E-state index in [1.807, 2.05) is 69.3 Å². The van der Waals surface area contributed by atoms with Crippen LogP contribution < -0.4 is 5.32 Å². The SMILES string of the molecule is CC(C)(C)C(NC(=O)c1ccccc1)c1nc(-c2ccccc2)no1. The number of amides is 1. The van der Waals surface area contributed by atoms with Gasteiger partial charge in [0.05, 0.1) is 0 Å². The summed E-state index contributed by atoms with van der Waals surface area (Å²) in [6, 6.07) is 18.3. The Bertz CT molecular complexity index is 836. The molecule has 5 nitrogen and oxygen atoms in total. The minimum atomic E-state index is -0.398. The zero-order valence-electron chi connectivity index (χ0n) is 14.6. The van der Waals surface area contributed by atoms with Crippen LogP contribution in [0.1, 0.15) is 43.1 Å². The maximum atomic E-state index is 12.6. The third-order valence-corrected chi connectivity index (χ3v) is 3.90. The summed E-state index contributed by atoms with van der Waals surface area (Å²) in [6.45, 7) is 6.07. The number of rotatable bonds is 4. The van der Waals surface area contributed by atoms with Gasteiger partial charge in [0.25, 0.3) is 5.91 Å². The highest BCUT2D eigenvalue weighted by atomic mass is 16.5. The van der Waals surface area contributed by atoms with E-state index >= 15 is 0 Å². The van der Waals surface area contributed by atoms with Gasteiger partial charge in [-0.05, 0) is 17.5 Å². The molecule has 128 valence electrons. The van der Waals surface area contributed by atoms with Crippen molar-refractivity contribution < 1.29 is 9.32 Å². The van der Waals surface area contributed by atoms with Gasteiger partial charge in [0, 0.05) is 11.1 Å². The lowest BCUT2D eigenvalue weighted by molar-refractivity contribution is 0.0881. The van der Waals surface area contributed by atoms with Gasteiger partial charge in [0.1, 0.15) is 6.04 Å². The monoisotopic (exact) mass is 335 g/mol. The maximum Gasteiger partial charge on any atom is 0.251 e. The first-order valence-electron chi connectivity index (χ1n) is 8.20. The Hall–Kier alpha value is -2.95. The Balaban J connectivity index is 1.87. The average molecular weight is 335 g/mol. The zero-order valence-corrected chi connectivity index (χ0v) is 14.6. The minimum Gasteiger partial charge on any atom is -0.340 e. The lowest BCUT2D eigenvalue weighted by Crippen LogP contribution is -2.36. The van der Waals surface area contributed by atoms with Crippen LogP contribution in [-0.4, -0.2) is 16.0 Å². The summed E-state index contributed by atoms with van der Waals surface area (Å²) in [7, 11) is 0. The molecule has 1 unspecified atom stereocenters. The molecule has 25 heavy (non-hydrogen) atoms. The predicted molar refractivity (Wildman–Crippen MR) is 95.8 cm³/mol. The van der Waals surface area contributed by atoms with E-state index in [2.05, 4.69) is 15.5 Å². The van der Waals surface area contributed by atoms with E-state index in [0.717, 1.165) is 5.56 Å². The lowest BCUT2D eigenvalue weighted by atomic mass is 9.86. The number of nitrogens with zero attached hydrogens (tertiary/aromatic N) is 2. The third kappa shape index (κ3) is 3.94. The number of benzene rings is 2. The third-order valence-electron chi connectivity index (χ3n) is 3.90. The summed E-state index contributed by atoms with van der Waals surface area (Å²) in [5.74, 6) is 0.745. The number of hydrogen-bond donors (Lipinski definition) is 1. The molecule has 1 N–H and O–H groups in total. The molecule has 1 amide bonds. The number of aromatic nitrogens is 2. The first kappa shape index (κ1) is 16.9. The molecule has 0 bridgehead atoms. The number of carbonyl (C=O) groups excluding carboxylic acids is 1. The van der Waals surface area contributed by atoms with Crippen molar-refractivity contribution in [2.24, 2.45) is 5.41 Å². The fraction of sp³-hybridized carbons (Fsp3) is 0.250. The molecule has 1 heterocycles. The Morgan fingerprint density at radius 2 is 1.60 bits per heavy atom. The molecule has 0 aliphatic carbocycles. The van der Waals surface area contributed by atoms with Crippen LogP contribution in [0, 0.1) is 5.41 Å². The van der Waals surface area contributed by atoms with Crippen molar-refractivity contribution in [3.05, 3.63) is 72.1 Å². The Labute approximate surface area is 147 Å². The topological polar surface area (TPSA) is 68.0 Å². The maximum absolute atomic E-state index is 12.6. The van der Waals surface area contributed by atoms with Crippen LogP contribution in [-0.2, 0) is 0 Å². The molecule has 1 atom stereocenters. The van der Waals surface area contributed by atoms with E-state index in [9.17, 15) is 4.79 Å². The molecule has 0 saturated carbocycles.